The summed E-state index contributed by atoms with van der Waals surface area (Å²) in [6, 6.07) is 0. The van der Waals surface area contributed by atoms with Gasteiger partial charge in [-0.25, -0.2) is 14.5 Å². The first-order valence-electron chi connectivity index (χ1n) is 10.4. The summed E-state index contributed by atoms with van der Waals surface area (Å²) in [5, 5.41) is 9.31. The van der Waals surface area contributed by atoms with Crippen LogP contribution in [0.3, 0.4) is 0 Å². The van der Waals surface area contributed by atoms with Gasteiger partial charge in [0.1, 0.15) is 6.10 Å². The van der Waals surface area contributed by atoms with Gasteiger partial charge in [0, 0.05) is 6.54 Å². The highest BCUT2D eigenvalue weighted by atomic mass is 16.6. The Hall–Kier alpha value is -1.26. The molecule has 0 bridgehead atoms. The summed E-state index contributed by atoms with van der Waals surface area (Å²) in [5.41, 5.74) is 0. The minimum Gasteiger partial charge on any atom is -0.465 e. The molecule has 5 nitrogen and oxygen atoms in total. The second-order valence-electron chi connectivity index (χ2n) is 7.26. The van der Waals surface area contributed by atoms with E-state index in [9.17, 15) is 14.7 Å². The predicted molar refractivity (Wildman–Crippen MR) is 99.9 cm³/mol. The van der Waals surface area contributed by atoms with Gasteiger partial charge >= 0.3 is 12.2 Å². The minimum absolute atomic E-state index is 0.135. The van der Waals surface area contributed by atoms with Crippen molar-refractivity contribution < 1.29 is 19.4 Å². The summed E-state index contributed by atoms with van der Waals surface area (Å²) in [7, 11) is 0. The molecular weight excluding hydrogens is 318 g/mol. The van der Waals surface area contributed by atoms with Crippen LogP contribution in [0.4, 0.5) is 9.59 Å². The molecule has 25 heavy (non-hydrogen) atoms. The Balaban J connectivity index is 2.47. The molecule has 0 radical (unpaired) electrons. The average molecular weight is 356 g/mol. The van der Waals surface area contributed by atoms with Crippen molar-refractivity contribution >= 4 is 12.2 Å². The molecule has 5 heteroatoms. The lowest BCUT2D eigenvalue weighted by Gasteiger charge is -2.23. The van der Waals surface area contributed by atoms with Gasteiger partial charge < -0.3 is 9.84 Å². The lowest BCUT2D eigenvalue weighted by Crippen LogP contribution is -2.39. The third kappa shape index (κ3) is 10.4. The molecule has 1 aliphatic carbocycles. The third-order valence-electron chi connectivity index (χ3n) is 5.01. The van der Waals surface area contributed by atoms with Crippen molar-refractivity contribution in [2.45, 2.75) is 109 Å². The van der Waals surface area contributed by atoms with Crippen molar-refractivity contribution in [3.8, 4) is 0 Å². The Bertz CT molecular complexity index is 361. The molecule has 0 spiro atoms. The van der Waals surface area contributed by atoms with E-state index in [4.69, 9.17) is 4.74 Å². The fourth-order valence-corrected chi connectivity index (χ4v) is 3.41. The Kier molecular flexibility index (Phi) is 12.2. The van der Waals surface area contributed by atoms with Crippen LogP contribution in [0.2, 0.25) is 0 Å². The van der Waals surface area contributed by atoms with E-state index < -0.39 is 12.2 Å². The van der Waals surface area contributed by atoms with E-state index in [0.717, 1.165) is 49.8 Å². The van der Waals surface area contributed by atoms with Crippen molar-refractivity contribution in [1.29, 1.82) is 0 Å². The number of carboxylic acid groups (broad SMARTS) is 1. The number of amides is 2. The number of carbonyl (C=O) groups is 2. The zero-order valence-corrected chi connectivity index (χ0v) is 16.0. The van der Waals surface area contributed by atoms with Gasteiger partial charge in [-0.2, -0.15) is 0 Å². The second-order valence-corrected chi connectivity index (χ2v) is 7.26. The Labute approximate surface area is 153 Å². The summed E-state index contributed by atoms with van der Waals surface area (Å²) >= 11 is 0. The van der Waals surface area contributed by atoms with Gasteiger partial charge in [-0.15, -0.1) is 0 Å². The normalized spacial score (nSPS) is 18.0. The highest BCUT2D eigenvalue weighted by molar-refractivity contribution is 5.86. The minimum atomic E-state index is -1.20. The standard InChI is InChI=1S/C20H37NO4/c1-2-3-4-14-17-21(19(22)23)20(24)25-18-15-12-10-8-6-5-7-9-11-13-16-18/h18H,2-17H2,1H3,(H,22,23). The summed E-state index contributed by atoms with van der Waals surface area (Å²) in [4.78, 5) is 24.5. The van der Waals surface area contributed by atoms with Gasteiger partial charge in [-0.05, 0) is 32.1 Å². The molecule has 1 rings (SSSR count). The maximum atomic E-state index is 12.3. The van der Waals surface area contributed by atoms with E-state index in [-0.39, 0.29) is 12.6 Å². The topological polar surface area (TPSA) is 66.8 Å². The van der Waals surface area contributed by atoms with Gasteiger partial charge in [0.25, 0.3) is 0 Å². The summed E-state index contributed by atoms with van der Waals surface area (Å²) < 4.78 is 5.58. The van der Waals surface area contributed by atoms with Gasteiger partial charge in [0.15, 0.2) is 0 Å². The second kappa shape index (κ2) is 14.0. The van der Waals surface area contributed by atoms with Crippen molar-refractivity contribution in [3.05, 3.63) is 0 Å². The number of hydrogen-bond acceptors (Lipinski definition) is 3. The molecule has 0 atom stereocenters. The molecule has 2 amide bonds. The predicted octanol–water partition coefficient (Wildman–Crippen LogP) is 6.36. The first kappa shape index (κ1) is 21.8. The van der Waals surface area contributed by atoms with E-state index in [1.165, 1.54) is 44.9 Å². The molecule has 0 saturated heterocycles. The first-order chi connectivity index (χ1) is 12.1. The van der Waals surface area contributed by atoms with E-state index in [1.54, 1.807) is 0 Å². The highest BCUT2D eigenvalue weighted by Crippen LogP contribution is 2.19. The van der Waals surface area contributed by atoms with Crippen LogP contribution >= 0.6 is 0 Å². The van der Waals surface area contributed by atoms with Gasteiger partial charge in [-0.1, -0.05) is 71.1 Å². The summed E-state index contributed by atoms with van der Waals surface area (Å²) in [6.07, 6.45) is 14.4. The van der Waals surface area contributed by atoms with Gasteiger partial charge in [-0.3, -0.25) is 0 Å². The number of unbranched alkanes of at least 4 members (excludes halogenated alkanes) is 3. The Morgan fingerprint density at radius 3 is 1.88 bits per heavy atom. The monoisotopic (exact) mass is 355 g/mol. The molecule has 1 saturated carbocycles. The van der Waals surface area contributed by atoms with Gasteiger partial charge in [0.05, 0.1) is 0 Å². The molecule has 0 aliphatic heterocycles. The van der Waals surface area contributed by atoms with Crippen molar-refractivity contribution in [3.63, 3.8) is 0 Å². The van der Waals surface area contributed by atoms with Crippen LogP contribution in [-0.4, -0.2) is 34.8 Å². The summed E-state index contributed by atoms with van der Waals surface area (Å²) in [5.74, 6) is 0. The quantitative estimate of drug-likeness (QED) is 0.563. The first-order valence-corrected chi connectivity index (χ1v) is 10.4. The molecular formula is C20H37NO4. The van der Waals surface area contributed by atoms with E-state index in [2.05, 4.69) is 6.92 Å². The van der Waals surface area contributed by atoms with Crippen LogP contribution in [-0.2, 0) is 4.74 Å². The molecule has 0 aromatic heterocycles. The number of ether oxygens (including phenoxy) is 1. The third-order valence-corrected chi connectivity index (χ3v) is 5.01. The number of carbonyl (C=O) groups excluding carboxylic acids is 1. The molecule has 1 aliphatic rings. The van der Waals surface area contributed by atoms with Gasteiger partial charge in [0.2, 0.25) is 0 Å². The van der Waals surface area contributed by atoms with E-state index in [0.29, 0.717) is 6.42 Å². The zero-order chi connectivity index (χ0) is 18.3. The Morgan fingerprint density at radius 1 is 0.880 bits per heavy atom. The molecule has 0 unspecified atom stereocenters. The highest BCUT2D eigenvalue weighted by Gasteiger charge is 2.24. The zero-order valence-electron chi connectivity index (χ0n) is 16.0. The number of imide groups is 1. The molecule has 146 valence electrons. The number of hydrogen-bond donors (Lipinski definition) is 1. The lowest BCUT2D eigenvalue weighted by atomic mass is 9.99. The average Bonchev–Trinajstić information content (AvgIpc) is 2.56. The van der Waals surface area contributed by atoms with Crippen molar-refractivity contribution in [2.24, 2.45) is 0 Å². The van der Waals surface area contributed by atoms with Crippen LogP contribution in [0.1, 0.15) is 103 Å². The molecule has 0 aromatic rings. The van der Waals surface area contributed by atoms with Crippen LogP contribution < -0.4 is 0 Å². The number of rotatable bonds is 6. The SMILES string of the molecule is CCCCCCN(C(=O)O)C(=O)OC1CCCCCCCCCCC1. The fraction of sp³-hybridized carbons (Fsp3) is 0.900. The maximum absolute atomic E-state index is 12.3. The van der Waals surface area contributed by atoms with E-state index in [1.807, 2.05) is 0 Å². The lowest BCUT2D eigenvalue weighted by molar-refractivity contribution is 0.0521. The smallest absolute Gasteiger partial charge is 0.419 e. The Morgan fingerprint density at radius 2 is 1.40 bits per heavy atom. The van der Waals surface area contributed by atoms with Crippen LogP contribution in [0, 0.1) is 0 Å². The van der Waals surface area contributed by atoms with E-state index >= 15 is 0 Å². The van der Waals surface area contributed by atoms with Crippen molar-refractivity contribution in [1.82, 2.24) is 4.90 Å². The van der Waals surface area contributed by atoms with Crippen molar-refractivity contribution in [2.75, 3.05) is 6.54 Å². The molecule has 1 N–H and O–H groups in total. The molecule has 0 aromatic carbocycles. The fourth-order valence-electron chi connectivity index (χ4n) is 3.41. The van der Waals surface area contributed by atoms with Crippen LogP contribution in [0.15, 0.2) is 0 Å². The molecule has 0 heterocycles. The summed E-state index contributed by atoms with van der Waals surface area (Å²) in [6.45, 7) is 2.34. The largest absolute Gasteiger partial charge is 0.465 e. The molecule has 1 fully saturated rings. The number of nitrogens with zero attached hydrogens (tertiary/aromatic N) is 1. The van der Waals surface area contributed by atoms with Crippen LogP contribution in [0.25, 0.3) is 0 Å². The maximum Gasteiger partial charge on any atom is 0.419 e. The van der Waals surface area contributed by atoms with Crippen LogP contribution in [0.5, 0.6) is 0 Å².